The van der Waals surface area contributed by atoms with Gasteiger partial charge >= 0.3 is 12.3 Å². The van der Waals surface area contributed by atoms with Crippen LogP contribution in [-0.2, 0) is 18.3 Å². The lowest BCUT2D eigenvalue weighted by molar-refractivity contribution is -0.279. The summed E-state index contributed by atoms with van der Waals surface area (Å²) in [7, 11) is 0. The Kier molecular flexibility index (Phi) is 8.31. The van der Waals surface area contributed by atoms with Gasteiger partial charge in [-0.3, -0.25) is 0 Å². The van der Waals surface area contributed by atoms with E-state index in [1.165, 1.54) is 19.3 Å². The monoisotopic (exact) mass is 584 g/mol. The molecule has 42 heavy (non-hydrogen) atoms. The van der Waals surface area contributed by atoms with Crippen molar-refractivity contribution in [3.63, 3.8) is 0 Å². The molecule has 2 aromatic rings. The van der Waals surface area contributed by atoms with E-state index in [1.54, 1.807) is 0 Å². The molecule has 2 aliphatic heterocycles. The molecule has 4 atom stereocenters. The van der Waals surface area contributed by atoms with Gasteiger partial charge in [0.15, 0.2) is 5.60 Å². The van der Waals surface area contributed by atoms with Crippen molar-refractivity contribution in [2.75, 3.05) is 26.2 Å². The predicted molar refractivity (Wildman–Crippen MR) is 156 cm³/mol. The van der Waals surface area contributed by atoms with Gasteiger partial charge in [-0.1, -0.05) is 42.8 Å². The van der Waals surface area contributed by atoms with E-state index in [-0.39, 0.29) is 37.3 Å². The summed E-state index contributed by atoms with van der Waals surface area (Å²) in [6.07, 6.45) is 3.26. The molecule has 2 aromatic carbocycles. The molecule has 2 heterocycles. The van der Waals surface area contributed by atoms with Crippen LogP contribution >= 0.6 is 0 Å². The summed E-state index contributed by atoms with van der Waals surface area (Å²) in [5.41, 5.74) is -0.0140. The summed E-state index contributed by atoms with van der Waals surface area (Å²) in [5.74, 6) is 0.194. The fraction of sp³-hybridized carbons (Fsp3) is 0.618. The molecule has 0 spiro atoms. The van der Waals surface area contributed by atoms with E-state index in [0.29, 0.717) is 31.6 Å². The maximum Gasteiger partial charge on any atom is 0.417 e. The Bertz CT molecular complexity index is 1250. The fourth-order valence-corrected chi connectivity index (χ4v) is 8.30. The molecular weight excluding hydrogens is 541 g/mol. The molecule has 2 saturated heterocycles. The van der Waals surface area contributed by atoms with Gasteiger partial charge < -0.3 is 19.6 Å². The molecule has 1 N–H and O–H groups in total. The van der Waals surface area contributed by atoms with Gasteiger partial charge in [0.25, 0.3) is 0 Å². The summed E-state index contributed by atoms with van der Waals surface area (Å²) >= 11 is 0. The zero-order valence-corrected chi connectivity index (χ0v) is 24.4. The first kappa shape index (κ1) is 29.5. The van der Waals surface area contributed by atoms with Crippen LogP contribution in [0.15, 0.2) is 48.5 Å². The molecule has 2 aliphatic carbocycles. The fourth-order valence-electron chi connectivity index (χ4n) is 8.30. The van der Waals surface area contributed by atoms with E-state index in [0.717, 1.165) is 55.6 Å². The van der Waals surface area contributed by atoms with Gasteiger partial charge in [-0.25, -0.2) is 4.79 Å². The van der Waals surface area contributed by atoms with Crippen molar-refractivity contribution in [1.29, 1.82) is 0 Å². The highest BCUT2D eigenvalue weighted by atomic mass is 19.4. The number of alkyl halides is 3. The minimum Gasteiger partial charge on any atom is -0.410 e. The Hall–Kier alpha value is -2.58. The molecule has 0 radical (unpaired) electrons. The number of likely N-dealkylation sites (tertiary alicyclic amines) is 2. The predicted octanol–water partition coefficient (Wildman–Crippen LogP) is 7.05. The van der Waals surface area contributed by atoms with Gasteiger partial charge in [-0.05, 0) is 118 Å². The Morgan fingerprint density at radius 1 is 0.952 bits per heavy atom. The van der Waals surface area contributed by atoms with Crippen LogP contribution in [0.25, 0.3) is 0 Å². The largest absolute Gasteiger partial charge is 0.417 e. The van der Waals surface area contributed by atoms with Crippen LogP contribution in [0, 0.1) is 5.92 Å². The molecule has 4 aliphatic rings. The van der Waals surface area contributed by atoms with Crippen LogP contribution in [0.4, 0.5) is 18.0 Å². The SMILES string of the molecule is O=C(Oc1ccc2c(c1)CC[C@@H]1C[C@@](O)(C(F)(F)F)CC[C@@]21Cc1ccccc1)N1CCCCC1CN1CCCCC1. The van der Waals surface area contributed by atoms with E-state index in [4.69, 9.17) is 4.74 Å². The van der Waals surface area contributed by atoms with Crippen LogP contribution in [0.1, 0.15) is 80.9 Å². The molecule has 8 heteroatoms. The number of carbonyl (C=O) groups excluding carboxylic acids is 1. The number of fused-ring (bicyclic) bond motifs is 3. The second-order valence-electron chi connectivity index (χ2n) is 13.2. The Balaban J connectivity index is 1.23. The van der Waals surface area contributed by atoms with Crippen LogP contribution in [0.3, 0.4) is 0 Å². The van der Waals surface area contributed by atoms with Crippen LogP contribution in [0.5, 0.6) is 5.75 Å². The average Bonchev–Trinajstić information content (AvgIpc) is 2.98. The Labute approximate surface area is 247 Å². The normalized spacial score (nSPS) is 30.3. The first-order valence-corrected chi connectivity index (χ1v) is 15.8. The number of aliphatic hydroxyl groups is 1. The Morgan fingerprint density at radius 3 is 2.48 bits per heavy atom. The van der Waals surface area contributed by atoms with Crippen molar-refractivity contribution in [3.8, 4) is 5.75 Å². The van der Waals surface area contributed by atoms with Gasteiger partial charge in [-0.2, -0.15) is 13.2 Å². The highest BCUT2D eigenvalue weighted by molar-refractivity contribution is 5.71. The van der Waals surface area contributed by atoms with Crippen molar-refractivity contribution in [1.82, 2.24) is 9.80 Å². The number of piperidine rings is 2. The number of amides is 1. The van der Waals surface area contributed by atoms with Crippen molar-refractivity contribution in [2.45, 2.75) is 100 Å². The van der Waals surface area contributed by atoms with Crippen molar-refractivity contribution < 1.29 is 27.8 Å². The molecule has 1 saturated carbocycles. The summed E-state index contributed by atoms with van der Waals surface area (Å²) < 4.78 is 47.7. The topological polar surface area (TPSA) is 53.0 Å². The van der Waals surface area contributed by atoms with Crippen molar-refractivity contribution in [2.24, 2.45) is 5.92 Å². The summed E-state index contributed by atoms with van der Waals surface area (Å²) in [6, 6.07) is 15.8. The number of hydrogen-bond donors (Lipinski definition) is 1. The first-order chi connectivity index (χ1) is 20.2. The van der Waals surface area contributed by atoms with Crippen molar-refractivity contribution >= 4 is 6.09 Å². The number of hydrogen-bond acceptors (Lipinski definition) is 4. The molecule has 1 unspecified atom stereocenters. The maximum atomic E-state index is 13.9. The number of carbonyl (C=O) groups is 1. The van der Waals surface area contributed by atoms with Gasteiger partial charge in [0, 0.05) is 24.5 Å². The zero-order valence-electron chi connectivity index (χ0n) is 24.4. The van der Waals surface area contributed by atoms with Gasteiger partial charge in [-0.15, -0.1) is 0 Å². The van der Waals surface area contributed by atoms with Gasteiger partial charge in [0.05, 0.1) is 0 Å². The number of rotatable bonds is 5. The lowest BCUT2D eigenvalue weighted by atomic mass is 9.52. The summed E-state index contributed by atoms with van der Waals surface area (Å²) in [4.78, 5) is 17.8. The third-order valence-electron chi connectivity index (χ3n) is 10.6. The molecule has 0 bridgehead atoms. The number of halogens is 3. The van der Waals surface area contributed by atoms with E-state index in [9.17, 15) is 23.1 Å². The Morgan fingerprint density at radius 2 is 1.71 bits per heavy atom. The van der Waals surface area contributed by atoms with Crippen LogP contribution in [0.2, 0.25) is 0 Å². The number of benzene rings is 2. The number of aryl methyl sites for hydroxylation is 1. The highest BCUT2D eigenvalue weighted by Gasteiger charge is 2.61. The second-order valence-corrected chi connectivity index (χ2v) is 13.2. The van der Waals surface area contributed by atoms with E-state index < -0.39 is 17.2 Å². The molecule has 228 valence electrons. The number of nitrogens with zero attached hydrogens (tertiary/aromatic N) is 2. The van der Waals surface area contributed by atoms with E-state index >= 15 is 0 Å². The van der Waals surface area contributed by atoms with Gasteiger partial charge in [0.2, 0.25) is 0 Å². The smallest absolute Gasteiger partial charge is 0.410 e. The summed E-state index contributed by atoms with van der Waals surface area (Å²) in [6.45, 7) is 3.78. The molecule has 3 fully saturated rings. The molecular formula is C34H43F3N2O3. The maximum absolute atomic E-state index is 13.9. The lowest BCUT2D eigenvalue weighted by Gasteiger charge is -2.53. The second kappa shape index (κ2) is 11.8. The third kappa shape index (κ3) is 5.81. The van der Waals surface area contributed by atoms with Crippen LogP contribution in [-0.4, -0.2) is 65.0 Å². The van der Waals surface area contributed by atoms with Gasteiger partial charge in [0.1, 0.15) is 5.75 Å². The molecule has 5 nitrogen and oxygen atoms in total. The molecule has 6 rings (SSSR count). The molecule has 0 aromatic heterocycles. The number of ether oxygens (including phenoxy) is 1. The average molecular weight is 585 g/mol. The third-order valence-corrected chi connectivity index (χ3v) is 10.6. The first-order valence-electron chi connectivity index (χ1n) is 15.8. The minimum absolute atomic E-state index is 0.159. The van der Waals surface area contributed by atoms with E-state index in [1.807, 2.05) is 53.4 Å². The van der Waals surface area contributed by atoms with E-state index in [2.05, 4.69) is 4.90 Å². The lowest BCUT2D eigenvalue weighted by Crippen LogP contribution is -2.56. The molecule has 1 amide bonds. The standard InChI is InChI=1S/C34H43F3N2O3/c35-34(36,37)33(41)17-16-32(22-25-9-3-1-4-10-25)27(23-33)13-12-26-21-29(14-15-30(26)32)42-31(40)39-20-8-5-11-28(39)24-38-18-6-2-7-19-38/h1,3-4,9-10,14-15,21,27-28,41H,2,5-8,11-13,16-20,22-24H2/t27-,28?,32+,33-/m1/s1. The highest BCUT2D eigenvalue weighted by Crippen LogP contribution is 2.57. The van der Waals surface area contributed by atoms with Crippen molar-refractivity contribution in [3.05, 3.63) is 65.2 Å². The quantitative estimate of drug-likeness (QED) is 0.410. The summed E-state index contributed by atoms with van der Waals surface area (Å²) in [5, 5.41) is 10.7. The zero-order chi connectivity index (χ0) is 29.4. The van der Waals surface area contributed by atoms with Crippen LogP contribution < -0.4 is 4.74 Å². The minimum atomic E-state index is -4.65.